The first-order valence-corrected chi connectivity index (χ1v) is 10.6. The summed E-state index contributed by atoms with van der Waals surface area (Å²) in [6.07, 6.45) is 2.67. The molecule has 0 saturated carbocycles. The topological polar surface area (TPSA) is 48.5 Å². The van der Waals surface area contributed by atoms with E-state index in [9.17, 15) is 4.79 Å². The summed E-state index contributed by atoms with van der Waals surface area (Å²) < 4.78 is 0. The molecule has 0 bridgehead atoms. The molecule has 3 aromatic rings. The number of carbonyl (C=O) groups is 1. The second kappa shape index (κ2) is 8.28. The zero-order valence-electron chi connectivity index (χ0n) is 17.0. The fraction of sp³-hybridized carbons (Fsp3) is 0.280. The van der Waals surface area contributed by atoms with Gasteiger partial charge in [0.05, 0.1) is 5.56 Å². The molecule has 5 rings (SSSR count). The molecule has 3 heterocycles. The van der Waals surface area contributed by atoms with Crippen LogP contribution in [0.1, 0.15) is 27.0 Å². The van der Waals surface area contributed by atoms with Gasteiger partial charge in [-0.2, -0.15) is 0 Å². The lowest BCUT2D eigenvalue weighted by Crippen LogP contribution is -2.51. The number of amides is 1. The van der Waals surface area contributed by atoms with Crippen LogP contribution in [0.4, 0.5) is 5.82 Å². The van der Waals surface area contributed by atoms with E-state index in [2.05, 4.69) is 50.4 Å². The van der Waals surface area contributed by atoms with Gasteiger partial charge in [0.15, 0.2) is 0 Å². The van der Waals surface area contributed by atoms with Crippen LogP contribution in [-0.2, 0) is 19.5 Å². The molecule has 5 heteroatoms. The molecule has 1 fully saturated rings. The fourth-order valence-corrected chi connectivity index (χ4v) is 4.53. The van der Waals surface area contributed by atoms with E-state index in [1.54, 1.807) is 6.20 Å². The highest BCUT2D eigenvalue weighted by atomic mass is 16.1. The van der Waals surface area contributed by atoms with Crippen molar-refractivity contribution in [1.82, 2.24) is 15.2 Å². The van der Waals surface area contributed by atoms with Crippen LogP contribution >= 0.6 is 0 Å². The Morgan fingerprint density at radius 1 is 1.00 bits per heavy atom. The third-order valence-corrected chi connectivity index (χ3v) is 6.04. The number of piperazine rings is 1. The summed E-state index contributed by atoms with van der Waals surface area (Å²) in [6, 6.07) is 23.1. The van der Waals surface area contributed by atoms with Crippen LogP contribution in [0.5, 0.6) is 0 Å². The van der Waals surface area contributed by atoms with Gasteiger partial charge in [-0.05, 0) is 29.2 Å². The third kappa shape index (κ3) is 3.94. The zero-order chi connectivity index (χ0) is 20.3. The van der Waals surface area contributed by atoms with E-state index in [1.165, 1.54) is 11.1 Å². The summed E-state index contributed by atoms with van der Waals surface area (Å²) in [5, 5.41) is 3.00. The Kier molecular flexibility index (Phi) is 5.20. The van der Waals surface area contributed by atoms with Crippen molar-refractivity contribution in [3.05, 3.63) is 95.2 Å². The van der Waals surface area contributed by atoms with E-state index in [-0.39, 0.29) is 5.91 Å². The molecule has 1 atom stereocenters. The van der Waals surface area contributed by atoms with Crippen molar-refractivity contribution in [2.45, 2.75) is 25.6 Å². The van der Waals surface area contributed by atoms with Crippen molar-refractivity contribution in [2.75, 3.05) is 24.5 Å². The quantitative estimate of drug-likeness (QED) is 0.717. The molecule has 0 spiro atoms. The molecule has 1 unspecified atom stereocenters. The Bertz CT molecular complexity index is 1020. The zero-order valence-corrected chi connectivity index (χ0v) is 17.0. The van der Waals surface area contributed by atoms with E-state index in [0.717, 1.165) is 44.0 Å². The van der Waals surface area contributed by atoms with Crippen LogP contribution < -0.4 is 10.2 Å². The minimum atomic E-state index is -0.0651. The molecule has 1 aromatic heterocycles. The van der Waals surface area contributed by atoms with E-state index < -0.39 is 0 Å². The highest BCUT2D eigenvalue weighted by molar-refractivity contribution is 5.94. The Morgan fingerprint density at radius 2 is 1.73 bits per heavy atom. The summed E-state index contributed by atoms with van der Waals surface area (Å²) in [5.74, 6) is 0.990. The normalized spacial score (nSPS) is 18.0. The van der Waals surface area contributed by atoms with Crippen molar-refractivity contribution in [1.29, 1.82) is 0 Å². The predicted molar refractivity (Wildman–Crippen MR) is 118 cm³/mol. The van der Waals surface area contributed by atoms with Gasteiger partial charge in [-0.3, -0.25) is 9.69 Å². The number of carbonyl (C=O) groups excluding carboxylic acids is 1. The van der Waals surface area contributed by atoms with E-state index in [4.69, 9.17) is 0 Å². The second-order valence-electron chi connectivity index (χ2n) is 8.15. The smallest absolute Gasteiger partial charge is 0.253 e. The molecule has 152 valence electrons. The molecular formula is C25H26N4O. The van der Waals surface area contributed by atoms with Gasteiger partial charge in [0.2, 0.25) is 0 Å². The lowest BCUT2D eigenvalue weighted by Gasteiger charge is -2.38. The van der Waals surface area contributed by atoms with Crippen molar-refractivity contribution < 1.29 is 4.79 Å². The maximum absolute atomic E-state index is 12.6. The van der Waals surface area contributed by atoms with Gasteiger partial charge in [0.1, 0.15) is 5.82 Å². The number of nitrogens with zero attached hydrogens (tertiary/aromatic N) is 3. The minimum absolute atomic E-state index is 0.0651. The van der Waals surface area contributed by atoms with Crippen LogP contribution in [0.25, 0.3) is 0 Å². The molecule has 1 saturated heterocycles. The number of fused-ring (bicyclic) bond motifs is 3. The van der Waals surface area contributed by atoms with Gasteiger partial charge < -0.3 is 10.2 Å². The monoisotopic (exact) mass is 398 g/mol. The summed E-state index contributed by atoms with van der Waals surface area (Å²) >= 11 is 0. The Hall–Kier alpha value is -3.18. The summed E-state index contributed by atoms with van der Waals surface area (Å²) in [6.45, 7) is 4.56. The van der Waals surface area contributed by atoms with Crippen LogP contribution in [0.15, 0.2) is 72.9 Å². The van der Waals surface area contributed by atoms with Gasteiger partial charge in [0.25, 0.3) is 5.91 Å². The van der Waals surface area contributed by atoms with Gasteiger partial charge in [-0.25, -0.2) is 4.98 Å². The Morgan fingerprint density at radius 3 is 2.50 bits per heavy atom. The van der Waals surface area contributed by atoms with Crippen molar-refractivity contribution in [3.63, 3.8) is 0 Å². The molecule has 0 aliphatic carbocycles. The lowest BCUT2D eigenvalue weighted by atomic mass is 10.1. The molecule has 0 radical (unpaired) electrons. The minimum Gasteiger partial charge on any atom is -0.350 e. The van der Waals surface area contributed by atoms with Crippen LogP contribution in [0.2, 0.25) is 0 Å². The Labute approximate surface area is 177 Å². The number of hydrogen-bond acceptors (Lipinski definition) is 4. The van der Waals surface area contributed by atoms with Gasteiger partial charge in [0, 0.05) is 45.0 Å². The highest BCUT2D eigenvalue weighted by Crippen LogP contribution is 2.33. The van der Waals surface area contributed by atoms with Crippen LogP contribution in [0.3, 0.4) is 0 Å². The van der Waals surface area contributed by atoms with Gasteiger partial charge in [-0.15, -0.1) is 0 Å². The average molecular weight is 399 g/mol. The number of aromatic nitrogens is 1. The molecule has 2 aromatic carbocycles. The van der Waals surface area contributed by atoms with E-state index in [0.29, 0.717) is 18.2 Å². The number of hydrogen-bond donors (Lipinski definition) is 1. The molecule has 1 amide bonds. The highest BCUT2D eigenvalue weighted by Gasteiger charge is 2.35. The van der Waals surface area contributed by atoms with Crippen molar-refractivity contribution in [2.24, 2.45) is 0 Å². The largest absolute Gasteiger partial charge is 0.350 e. The summed E-state index contributed by atoms with van der Waals surface area (Å²) in [7, 11) is 0. The third-order valence-electron chi connectivity index (χ3n) is 6.04. The number of nitrogens with one attached hydrogen (secondary N) is 1. The molecule has 5 nitrogen and oxygen atoms in total. The van der Waals surface area contributed by atoms with Crippen molar-refractivity contribution >= 4 is 11.7 Å². The van der Waals surface area contributed by atoms with Crippen molar-refractivity contribution in [3.8, 4) is 0 Å². The maximum atomic E-state index is 12.6. The Balaban J connectivity index is 1.23. The van der Waals surface area contributed by atoms with Gasteiger partial charge >= 0.3 is 0 Å². The van der Waals surface area contributed by atoms with Crippen LogP contribution in [-0.4, -0.2) is 41.5 Å². The maximum Gasteiger partial charge on any atom is 0.253 e. The first-order valence-electron chi connectivity index (χ1n) is 10.6. The lowest BCUT2D eigenvalue weighted by molar-refractivity contribution is 0.0950. The van der Waals surface area contributed by atoms with E-state index in [1.807, 2.05) is 36.4 Å². The standard InChI is InChI=1S/C25H26N4O/c30-25(27-15-19-7-3-1-4-8-19)22-13-21-14-23-18-28(17-20-9-5-2-6-10-20)11-12-29(23)24(21)26-16-22/h1-10,13,16,23H,11-12,14-15,17-18H2,(H,27,30). The summed E-state index contributed by atoms with van der Waals surface area (Å²) in [5.41, 5.74) is 4.28. The number of pyridine rings is 1. The van der Waals surface area contributed by atoms with Crippen LogP contribution in [0, 0.1) is 0 Å². The van der Waals surface area contributed by atoms with Gasteiger partial charge in [-0.1, -0.05) is 60.7 Å². The molecule has 1 N–H and O–H groups in total. The fourth-order valence-electron chi connectivity index (χ4n) is 4.53. The molecule has 30 heavy (non-hydrogen) atoms. The number of rotatable bonds is 5. The molecule has 2 aliphatic rings. The first-order chi connectivity index (χ1) is 14.8. The SMILES string of the molecule is O=C(NCc1ccccc1)c1cnc2c(c1)CC1CN(Cc3ccccc3)CCN21. The second-order valence-corrected chi connectivity index (χ2v) is 8.15. The summed E-state index contributed by atoms with van der Waals surface area (Å²) in [4.78, 5) is 22.2. The average Bonchev–Trinajstić information content (AvgIpc) is 3.15. The molecule has 2 aliphatic heterocycles. The number of benzene rings is 2. The number of anilines is 1. The first kappa shape index (κ1) is 18.8. The van der Waals surface area contributed by atoms with E-state index >= 15 is 0 Å². The molecular weight excluding hydrogens is 372 g/mol. The predicted octanol–water partition coefficient (Wildman–Crippen LogP) is 3.26.